The number of thioether (sulfide) groups is 1. The van der Waals surface area contributed by atoms with Gasteiger partial charge in [0.25, 0.3) is 0 Å². The second-order valence-corrected chi connectivity index (χ2v) is 6.97. The van der Waals surface area contributed by atoms with Crippen LogP contribution in [-0.4, -0.2) is 23.8 Å². The van der Waals surface area contributed by atoms with Gasteiger partial charge >= 0.3 is 0 Å². The number of hydrogen-bond donors (Lipinski definition) is 1. The van der Waals surface area contributed by atoms with Crippen LogP contribution in [0.3, 0.4) is 0 Å². The van der Waals surface area contributed by atoms with Crippen LogP contribution in [0.2, 0.25) is 0 Å². The standard InChI is InChI=1S/C18H15FN2O2S2/c1-23-14-3-2-4-15(9-14)24-11-17(22)21-18-20-16(10-25-18)12-5-7-13(19)8-6-12/h2-10H,11H2,1H3,(H,20,21,22). The summed E-state index contributed by atoms with van der Waals surface area (Å²) in [5.74, 6) is 0.614. The Morgan fingerprint density at radius 3 is 2.84 bits per heavy atom. The van der Waals surface area contributed by atoms with Crippen molar-refractivity contribution in [3.8, 4) is 17.0 Å². The number of carbonyl (C=O) groups excluding carboxylic acids is 1. The first-order valence-corrected chi connectivity index (χ1v) is 9.29. The third-order valence-electron chi connectivity index (χ3n) is 3.30. The number of nitrogens with zero attached hydrogens (tertiary/aromatic N) is 1. The van der Waals surface area contributed by atoms with Crippen LogP contribution in [0, 0.1) is 5.82 Å². The van der Waals surface area contributed by atoms with Crippen LogP contribution in [0.4, 0.5) is 9.52 Å². The first-order chi connectivity index (χ1) is 12.1. The van der Waals surface area contributed by atoms with Crippen molar-refractivity contribution in [2.75, 3.05) is 18.2 Å². The van der Waals surface area contributed by atoms with Crippen LogP contribution in [0.25, 0.3) is 11.3 Å². The van der Waals surface area contributed by atoms with Crippen LogP contribution in [0.5, 0.6) is 5.75 Å². The highest BCUT2D eigenvalue weighted by Gasteiger charge is 2.09. The highest BCUT2D eigenvalue weighted by molar-refractivity contribution is 8.00. The first kappa shape index (κ1) is 17.4. The number of benzene rings is 2. The van der Waals surface area contributed by atoms with Crippen LogP contribution < -0.4 is 10.1 Å². The molecule has 0 aliphatic heterocycles. The molecule has 1 aromatic heterocycles. The number of aromatic nitrogens is 1. The average Bonchev–Trinajstić information content (AvgIpc) is 3.09. The number of carbonyl (C=O) groups is 1. The van der Waals surface area contributed by atoms with Crippen molar-refractivity contribution in [2.24, 2.45) is 0 Å². The van der Waals surface area contributed by atoms with E-state index in [9.17, 15) is 9.18 Å². The van der Waals surface area contributed by atoms with E-state index in [0.29, 0.717) is 10.8 Å². The molecule has 0 saturated heterocycles. The zero-order chi connectivity index (χ0) is 17.6. The van der Waals surface area contributed by atoms with Crippen molar-refractivity contribution in [2.45, 2.75) is 4.90 Å². The van der Waals surface area contributed by atoms with E-state index in [0.717, 1.165) is 16.2 Å². The SMILES string of the molecule is COc1cccc(SCC(=O)Nc2nc(-c3ccc(F)cc3)cs2)c1. The molecule has 128 valence electrons. The van der Waals surface area contributed by atoms with Crippen molar-refractivity contribution in [1.29, 1.82) is 0 Å². The lowest BCUT2D eigenvalue weighted by atomic mass is 10.2. The molecule has 0 unspecified atom stereocenters. The molecule has 3 rings (SSSR count). The Morgan fingerprint density at radius 2 is 2.08 bits per heavy atom. The minimum Gasteiger partial charge on any atom is -0.497 e. The molecular formula is C18H15FN2O2S2. The second-order valence-electron chi connectivity index (χ2n) is 5.06. The molecule has 7 heteroatoms. The van der Waals surface area contributed by atoms with Gasteiger partial charge in [-0.05, 0) is 42.5 Å². The smallest absolute Gasteiger partial charge is 0.236 e. The Labute approximate surface area is 153 Å². The minimum atomic E-state index is -0.290. The third-order valence-corrected chi connectivity index (χ3v) is 5.05. The van der Waals surface area contributed by atoms with E-state index < -0.39 is 0 Å². The van der Waals surface area contributed by atoms with Crippen molar-refractivity contribution in [3.63, 3.8) is 0 Å². The molecule has 4 nitrogen and oxygen atoms in total. The number of nitrogens with one attached hydrogen (secondary N) is 1. The van der Waals surface area contributed by atoms with Gasteiger partial charge in [-0.1, -0.05) is 6.07 Å². The monoisotopic (exact) mass is 374 g/mol. The summed E-state index contributed by atoms with van der Waals surface area (Å²) >= 11 is 2.76. The van der Waals surface area contributed by atoms with Gasteiger partial charge in [0.05, 0.1) is 18.6 Å². The fourth-order valence-corrected chi connectivity index (χ4v) is 3.56. The molecule has 25 heavy (non-hydrogen) atoms. The van der Waals surface area contributed by atoms with Crippen molar-refractivity contribution < 1.29 is 13.9 Å². The Bertz CT molecular complexity index is 866. The van der Waals surface area contributed by atoms with Crippen molar-refractivity contribution in [1.82, 2.24) is 4.98 Å². The number of hydrogen-bond acceptors (Lipinski definition) is 5. The van der Waals surface area contributed by atoms with Gasteiger partial charge in [0, 0.05) is 15.8 Å². The van der Waals surface area contributed by atoms with Crippen molar-refractivity contribution >= 4 is 34.1 Å². The molecule has 1 amide bonds. The predicted octanol–water partition coefficient (Wildman–Crippen LogP) is 4.69. The summed E-state index contributed by atoms with van der Waals surface area (Å²) in [6, 6.07) is 13.6. The topological polar surface area (TPSA) is 51.2 Å². The summed E-state index contributed by atoms with van der Waals surface area (Å²) in [6.45, 7) is 0. The van der Waals surface area contributed by atoms with E-state index in [2.05, 4.69) is 10.3 Å². The number of anilines is 1. The van der Waals surface area contributed by atoms with Gasteiger partial charge in [-0.2, -0.15) is 0 Å². The molecule has 0 fully saturated rings. The van der Waals surface area contributed by atoms with Crippen LogP contribution in [0.1, 0.15) is 0 Å². The summed E-state index contributed by atoms with van der Waals surface area (Å²) < 4.78 is 18.1. The quantitative estimate of drug-likeness (QED) is 0.636. The highest BCUT2D eigenvalue weighted by Crippen LogP contribution is 2.26. The summed E-state index contributed by atoms with van der Waals surface area (Å²) in [5.41, 5.74) is 1.52. The summed E-state index contributed by atoms with van der Waals surface area (Å²) in [4.78, 5) is 17.4. The zero-order valence-corrected chi connectivity index (χ0v) is 15.0. The molecule has 0 bridgehead atoms. The Morgan fingerprint density at radius 1 is 1.28 bits per heavy atom. The highest BCUT2D eigenvalue weighted by atomic mass is 32.2. The fourth-order valence-electron chi connectivity index (χ4n) is 2.08. The van der Waals surface area contributed by atoms with Gasteiger partial charge in [0.1, 0.15) is 11.6 Å². The summed E-state index contributed by atoms with van der Waals surface area (Å²) in [5, 5.41) is 5.14. The summed E-state index contributed by atoms with van der Waals surface area (Å²) in [7, 11) is 1.61. The van der Waals surface area contributed by atoms with Crippen LogP contribution in [0.15, 0.2) is 58.8 Å². The molecule has 1 N–H and O–H groups in total. The molecule has 0 atom stereocenters. The van der Waals surface area contributed by atoms with Gasteiger partial charge in [-0.15, -0.1) is 23.1 Å². The van der Waals surface area contributed by atoms with E-state index in [4.69, 9.17) is 4.74 Å². The lowest BCUT2D eigenvalue weighted by molar-refractivity contribution is -0.113. The number of ether oxygens (including phenoxy) is 1. The molecule has 1 heterocycles. The Kier molecular flexibility index (Phi) is 5.67. The summed E-state index contributed by atoms with van der Waals surface area (Å²) in [6.07, 6.45) is 0. The average molecular weight is 374 g/mol. The number of methoxy groups -OCH3 is 1. The van der Waals surface area contributed by atoms with Gasteiger partial charge in [0.2, 0.25) is 5.91 Å². The van der Waals surface area contributed by atoms with Gasteiger partial charge in [-0.25, -0.2) is 9.37 Å². The largest absolute Gasteiger partial charge is 0.497 e. The molecule has 0 saturated carbocycles. The maximum Gasteiger partial charge on any atom is 0.236 e. The number of thiazole rings is 1. The zero-order valence-electron chi connectivity index (χ0n) is 13.4. The molecular weight excluding hydrogens is 359 g/mol. The van der Waals surface area contributed by atoms with Crippen LogP contribution in [-0.2, 0) is 4.79 Å². The van der Waals surface area contributed by atoms with E-state index in [1.165, 1.54) is 35.2 Å². The lowest BCUT2D eigenvalue weighted by Gasteiger charge is -2.04. The predicted molar refractivity (Wildman–Crippen MR) is 99.9 cm³/mol. The molecule has 0 spiro atoms. The molecule has 3 aromatic rings. The van der Waals surface area contributed by atoms with E-state index in [-0.39, 0.29) is 17.5 Å². The number of amides is 1. The lowest BCUT2D eigenvalue weighted by Crippen LogP contribution is -2.13. The molecule has 0 aliphatic carbocycles. The van der Waals surface area contributed by atoms with Crippen LogP contribution >= 0.6 is 23.1 Å². The van der Waals surface area contributed by atoms with Gasteiger partial charge in [-0.3, -0.25) is 4.79 Å². The molecule has 0 radical (unpaired) electrons. The maximum atomic E-state index is 13.0. The Hall–Kier alpha value is -2.38. The van der Waals surface area contributed by atoms with E-state index in [1.807, 2.05) is 29.6 Å². The normalized spacial score (nSPS) is 10.5. The maximum absolute atomic E-state index is 13.0. The fraction of sp³-hybridized carbons (Fsp3) is 0.111. The number of halogens is 1. The first-order valence-electron chi connectivity index (χ1n) is 7.42. The third kappa shape index (κ3) is 4.80. The van der Waals surface area contributed by atoms with E-state index in [1.54, 1.807) is 19.2 Å². The van der Waals surface area contributed by atoms with Gasteiger partial charge < -0.3 is 10.1 Å². The van der Waals surface area contributed by atoms with Crippen molar-refractivity contribution in [3.05, 3.63) is 59.7 Å². The van der Waals surface area contributed by atoms with Gasteiger partial charge in [0.15, 0.2) is 5.13 Å². The molecule has 0 aliphatic rings. The second kappa shape index (κ2) is 8.13. The Balaban J connectivity index is 1.57. The number of rotatable bonds is 6. The molecule has 2 aromatic carbocycles. The van der Waals surface area contributed by atoms with E-state index >= 15 is 0 Å². The minimum absolute atomic E-state index is 0.132.